The Balaban J connectivity index is 0.00000243. The first-order valence-corrected chi connectivity index (χ1v) is 9.32. The van der Waals surface area contributed by atoms with Gasteiger partial charge in [-0.25, -0.2) is 0 Å². The summed E-state index contributed by atoms with van der Waals surface area (Å²) < 4.78 is 1.03. The molecule has 2 heteroatoms. The quantitative estimate of drug-likeness (QED) is 0.501. The van der Waals surface area contributed by atoms with E-state index in [-0.39, 0.29) is 17.0 Å². The van der Waals surface area contributed by atoms with Gasteiger partial charge in [0, 0.05) is 12.8 Å². The van der Waals surface area contributed by atoms with Crippen LogP contribution in [0.25, 0.3) is 0 Å². The Bertz CT molecular complexity index is 697. The smallest absolute Gasteiger partial charge is 0.132 e. The zero-order chi connectivity index (χ0) is 17.4. The molecule has 0 radical (unpaired) electrons. The molecule has 136 valence electrons. The Morgan fingerprint density at radius 1 is 0.577 bits per heavy atom. The first kappa shape index (κ1) is 20.4. The van der Waals surface area contributed by atoms with Gasteiger partial charge < -0.3 is 17.0 Å². The van der Waals surface area contributed by atoms with Crippen LogP contribution in [0.15, 0.2) is 91.0 Å². The Hall–Kier alpha value is -1.90. The number of hydrogen-bond acceptors (Lipinski definition) is 0. The number of benzene rings is 3. The number of para-hydroxylation sites is 1. The van der Waals surface area contributed by atoms with E-state index in [0.29, 0.717) is 0 Å². The summed E-state index contributed by atoms with van der Waals surface area (Å²) >= 11 is 0. The summed E-state index contributed by atoms with van der Waals surface area (Å²) in [4.78, 5) is 0. The van der Waals surface area contributed by atoms with Gasteiger partial charge >= 0.3 is 0 Å². The van der Waals surface area contributed by atoms with Crippen LogP contribution in [0.2, 0.25) is 0 Å². The van der Waals surface area contributed by atoms with Crippen molar-refractivity contribution in [1.82, 2.24) is 4.48 Å². The topological polar surface area (TPSA) is 0 Å². The molecule has 26 heavy (non-hydrogen) atoms. The molecule has 0 spiro atoms. The van der Waals surface area contributed by atoms with E-state index >= 15 is 0 Å². The SMILES string of the molecule is CC[N+](CCc1ccccc1)(CCc1ccccc1)c1ccccc1.[Br-]. The van der Waals surface area contributed by atoms with Crippen molar-refractivity contribution in [1.29, 1.82) is 0 Å². The van der Waals surface area contributed by atoms with Crippen molar-refractivity contribution in [2.24, 2.45) is 0 Å². The lowest BCUT2D eigenvalue weighted by molar-refractivity contribution is -0.00000506. The molecule has 0 fully saturated rings. The molecule has 0 bridgehead atoms. The Morgan fingerprint density at radius 2 is 0.962 bits per heavy atom. The average Bonchev–Trinajstić information content (AvgIpc) is 2.71. The van der Waals surface area contributed by atoms with Gasteiger partial charge in [-0.2, -0.15) is 0 Å². The maximum absolute atomic E-state index is 2.32. The molecule has 3 aromatic carbocycles. The summed E-state index contributed by atoms with van der Waals surface area (Å²) in [6.45, 7) is 5.71. The van der Waals surface area contributed by atoms with Crippen LogP contribution in [0.5, 0.6) is 0 Å². The summed E-state index contributed by atoms with van der Waals surface area (Å²) in [5.74, 6) is 0. The summed E-state index contributed by atoms with van der Waals surface area (Å²) in [5.41, 5.74) is 4.28. The second-order valence-electron chi connectivity index (χ2n) is 6.72. The predicted molar refractivity (Wildman–Crippen MR) is 109 cm³/mol. The van der Waals surface area contributed by atoms with Gasteiger partial charge in [0.2, 0.25) is 0 Å². The largest absolute Gasteiger partial charge is 1.00 e. The van der Waals surface area contributed by atoms with Crippen LogP contribution in [0.3, 0.4) is 0 Å². The van der Waals surface area contributed by atoms with E-state index in [1.54, 1.807) is 0 Å². The maximum Gasteiger partial charge on any atom is 0.132 e. The maximum atomic E-state index is 2.32. The molecule has 0 aromatic heterocycles. The van der Waals surface area contributed by atoms with Gasteiger partial charge in [-0.15, -0.1) is 0 Å². The van der Waals surface area contributed by atoms with Gasteiger partial charge in [0.25, 0.3) is 0 Å². The highest BCUT2D eigenvalue weighted by atomic mass is 79.9. The summed E-state index contributed by atoms with van der Waals surface area (Å²) in [6, 6.07) is 32.8. The van der Waals surface area contributed by atoms with E-state index in [1.807, 2.05) is 0 Å². The number of rotatable bonds is 8. The van der Waals surface area contributed by atoms with Crippen LogP contribution in [0.1, 0.15) is 18.1 Å². The molecular formula is C24H28BrN. The van der Waals surface area contributed by atoms with Crippen molar-refractivity contribution >= 4 is 5.69 Å². The fourth-order valence-electron chi connectivity index (χ4n) is 3.59. The van der Waals surface area contributed by atoms with E-state index in [1.165, 1.54) is 16.8 Å². The van der Waals surface area contributed by atoms with E-state index in [4.69, 9.17) is 0 Å². The molecule has 0 unspecified atom stereocenters. The van der Waals surface area contributed by atoms with E-state index in [0.717, 1.165) is 37.0 Å². The lowest BCUT2D eigenvalue weighted by Crippen LogP contribution is -3.00. The third-order valence-electron chi connectivity index (χ3n) is 5.25. The zero-order valence-electron chi connectivity index (χ0n) is 15.5. The molecule has 0 saturated heterocycles. The van der Waals surface area contributed by atoms with Crippen LogP contribution < -0.4 is 21.5 Å². The highest BCUT2D eigenvalue weighted by molar-refractivity contribution is 5.43. The van der Waals surface area contributed by atoms with Crippen LogP contribution >= 0.6 is 0 Å². The van der Waals surface area contributed by atoms with Crippen molar-refractivity contribution in [3.8, 4) is 0 Å². The molecule has 0 amide bonds. The lowest BCUT2D eigenvalue weighted by atomic mass is 10.1. The summed E-state index contributed by atoms with van der Waals surface area (Å²) in [7, 11) is 0. The summed E-state index contributed by atoms with van der Waals surface area (Å²) in [6.07, 6.45) is 2.22. The van der Waals surface area contributed by atoms with Gasteiger partial charge in [-0.1, -0.05) is 78.9 Å². The molecule has 0 N–H and O–H groups in total. The normalized spacial score (nSPS) is 11.0. The van der Waals surface area contributed by atoms with Crippen molar-refractivity contribution in [3.05, 3.63) is 102 Å². The molecule has 0 saturated carbocycles. The van der Waals surface area contributed by atoms with Crippen molar-refractivity contribution in [2.75, 3.05) is 19.6 Å². The second kappa shape index (κ2) is 10.3. The minimum absolute atomic E-state index is 0. The molecule has 0 heterocycles. The molecule has 0 aliphatic rings. The molecule has 0 atom stereocenters. The second-order valence-corrected chi connectivity index (χ2v) is 6.72. The van der Waals surface area contributed by atoms with Crippen LogP contribution in [0.4, 0.5) is 5.69 Å². The zero-order valence-corrected chi connectivity index (χ0v) is 17.1. The number of halogens is 1. The first-order chi connectivity index (χ1) is 12.3. The van der Waals surface area contributed by atoms with Crippen LogP contribution in [0, 0.1) is 0 Å². The Kier molecular flexibility index (Phi) is 8.08. The monoisotopic (exact) mass is 409 g/mol. The van der Waals surface area contributed by atoms with E-state index < -0.39 is 0 Å². The predicted octanol–water partition coefficient (Wildman–Crippen LogP) is 2.50. The molecule has 3 aromatic rings. The molecule has 0 aliphatic carbocycles. The first-order valence-electron chi connectivity index (χ1n) is 9.32. The third-order valence-corrected chi connectivity index (χ3v) is 5.25. The fraction of sp³-hybridized carbons (Fsp3) is 0.250. The minimum atomic E-state index is 0. The van der Waals surface area contributed by atoms with Gasteiger partial charge in [0.05, 0.1) is 19.6 Å². The molecule has 3 rings (SSSR count). The average molecular weight is 410 g/mol. The Morgan fingerprint density at radius 3 is 1.35 bits per heavy atom. The number of quaternary nitrogens is 1. The van der Waals surface area contributed by atoms with Crippen LogP contribution in [-0.2, 0) is 12.8 Å². The van der Waals surface area contributed by atoms with E-state index in [9.17, 15) is 0 Å². The van der Waals surface area contributed by atoms with Crippen molar-refractivity contribution in [2.45, 2.75) is 19.8 Å². The molecule has 1 nitrogen and oxygen atoms in total. The van der Waals surface area contributed by atoms with Crippen LogP contribution in [-0.4, -0.2) is 19.6 Å². The molecule has 0 aliphatic heterocycles. The van der Waals surface area contributed by atoms with E-state index in [2.05, 4.69) is 97.9 Å². The van der Waals surface area contributed by atoms with Crippen molar-refractivity contribution in [3.63, 3.8) is 0 Å². The lowest BCUT2D eigenvalue weighted by Gasteiger charge is -2.37. The number of nitrogens with zero attached hydrogens (tertiary/aromatic N) is 1. The molecular weight excluding hydrogens is 382 g/mol. The minimum Gasteiger partial charge on any atom is -1.00 e. The van der Waals surface area contributed by atoms with Gasteiger partial charge in [0.1, 0.15) is 5.69 Å². The number of likely N-dealkylation sites (N-methyl/N-ethyl adjacent to an activating group) is 1. The standard InChI is InChI=1S/C24H28N.BrH/c1-2-25(24-16-10-5-11-17-24,20-18-22-12-6-3-7-13-22)21-19-23-14-8-4-9-15-23;/h3-17H,2,18-21H2,1H3;1H/q+1;/p-1. The third kappa shape index (κ3) is 5.30. The van der Waals surface area contributed by atoms with Crippen molar-refractivity contribution < 1.29 is 17.0 Å². The highest BCUT2D eigenvalue weighted by Crippen LogP contribution is 2.24. The highest BCUT2D eigenvalue weighted by Gasteiger charge is 2.27. The van der Waals surface area contributed by atoms with Gasteiger partial charge in [0.15, 0.2) is 0 Å². The summed E-state index contributed by atoms with van der Waals surface area (Å²) in [5, 5.41) is 0. The van der Waals surface area contributed by atoms with Gasteiger partial charge in [-0.05, 0) is 30.2 Å². The Labute approximate surface area is 168 Å². The van der Waals surface area contributed by atoms with Gasteiger partial charge in [-0.3, -0.25) is 4.48 Å². The fourth-order valence-corrected chi connectivity index (χ4v) is 3.59. The number of hydrogen-bond donors (Lipinski definition) is 0.